The van der Waals surface area contributed by atoms with Crippen molar-refractivity contribution in [2.24, 2.45) is 0 Å². The van der Waals surface area contributed by atoms with Gasteiger partial charge in [-0.3, -0.25) is 9.48 Å². The Morgan fingerprint density at radius 2 is 2.00 bits per heavy atom. The van der Waals surface area contributed by atoms with Gasteiger partial charge in [-0.25, -0.2) is 9.97 Å². The molecule has 6 rings (SSSR count). The number of hydrogen-bond acceptors (Lipinski definition) is 7. The number of aliphatic hydroxyl groups is 1. The first-order valence-corrected chi connectivity index (χ1v) is 12.9. The van der Waals surface area contributed by atoms with Crippen LogP contribution in [0.4, 0.5) is 11.6 Å². The molecule has 0 unspecified atom stereocenters. The van der Waals surface area contributed by atoms with Crippen molar-refractivity contribution in [1.29, 1.82) is 0 Å². The normalized spacial score (nSPS) is 15.1. The molecule has 2 aromatic carbocycles. The molecule has 3 aromatic heterocycles. The van der Waals surface area contributed by atoms with E-state index in [1.165, 1.54) is 0 Å². The molecular formula is C29H29N7O3. The van der Waals surface area contributed by atoms with Crippen LogP contribution in [0.15, 0.2) is 72.9 Å². The summed E-state index contributed by atoms with van der Waals surface area (Å²) in [5.41, 5.74) is 3.96. The fraction of sp³-hybridized carbons (Fsp3) is 0.241. The van der Waals surface area contributed by atoms with Crippen LogP contribution in [0.5, 0.6) is 5.75 Å². The number of methoxy groups -OCH3 is 1. The molecule has 39 heavy (non-hydrogen) atoms. The molecule has 5 aromatic rings. The predicted octanol–water partition coefficient (Wildman–Crippen LogP) is 4.09. The van der Waals surface area contributed by atoms with E-state index in [9.17, 15) is 9.90 Å². The molecule has 10 heteroatoms. The Hall–Kier alpha value is -4.70. The summed E-state index contributed by atoms with van der Waals surface area (Å²) in [6.45, 7) is 1.42. The van der Waals surface area contributed by atoms with Crippen LogP contribution < -0.4 is 15.0 Å². The van der Waals surface area contributed by atoms with Crippen molar-refractivity contribution in [3.63, 3.8) is 0 Å². The van der Waals surface area contributed by atoms with Crippen molar-refractivity contribution in [2.75, 3.05) is 30.5 Å². The highest BCUT2D eigenvalue weighted by Gasteiger charge is 2.25. The Morgan fingerprint density at radius 1 is 1.15 bits per heavy atom. The van der Waals surface area contributed by atoms with Gasteiger partial charge in [0.1, 0.15) is 17.3 Å². The van der Waals surface area contributed by atoms with Crippen LogP contribution in [-0.4, -0.2) is 62.0 Å². The van der Waals surface area contributed by atoms with Gasteiger partial charge in [-0.05, 0) is 54.8 Å². The first kappa shape index (κ1) is 24.6. The predicted molar refractivity (Wildman–Crippen MR) is 149 cm³/mol. The van der Waals surface area contributed by atoms with Gasteiger partial charge in [-0.1, -0.05) is 24.3 Å². The van der Waals surface area contributed by atoms with Crippen LogP contribution in [-0.2, 0) is 6.54 Å². The summed E-state index contributed by atoms with van der Waals surface area (Å²) in [6.07, 6.45) is 3.51. The van der Waals surface area contributed by atoms with E-state index < -0.39 is 0 Å². The van der Waals surface area contributed by atoms with E-state index in [4.69, 9.17) is 14.8 Å². The highest BCUT2D eigenvalue weighted by atomic mass is 16.5. The number of nitrogens with one attached hydrogen (secondary N) is 2. The van der Waals surface area contributed by atoms with Crippen LogP contribution in [0.3, 0.4) is 0 Å². The zero-order chi connectivity index (χ0) is 26.8. The molecule has 0 aliphatic carbocycles. The van der Waals surface area contributed by atoms with E-state index in [2.05, 4.69) is 20.2 Å². The molecule has 1 aliphatic rings. The number of aliphatic hydroxyl groups excluding tert-OH is 1. The van der Waals surface area contributed by atoms with Gasteiger partial charge in [0.2, 0.25) is 0 Å². The zero-order valence-corrected chi connectivity index (χ0v) is 21.5. The molecule has 0 bridgehead atoms. The minimum absolute atomic E-state index is 0.0727. The van der Waals surface area contributed by atoms with Crippen LogP contribution in [0.25, 0.3) is 22.6 Å². The number of pyridine rings is 1. The standard InChI is InChI=1S/C29H29N7O3/c1-39-22-11-8-19(9-12-22)17-36-25(28-31-23-6-2-3-7-24(23)32-28)15-26(34-36)33-29(38)20-10-13-27(30-16-20)35-14-4-5-21(35)18-37/h2-3,6-13,15-16,21,37H,4-5,14,17-18H2,1H3,(H,31,32)(H,33,34,38)/t21-/m0/s1. The van der Waals surface area contributed by atoms with Crippen molar-refractivity contribution >= 4 is 28.6 Å². The Labute approximate surface area is 225 Å². The van der Waals surface area contributed by atoms with E-state index in [0.717, 1.165) is 53.2 Å². The molecule has 3 N–H and O–H groups in total. The monoisotopic (exact) mass is 523 g/mol. The lowest BCUT2D eigenvalue weighted by Gasteiger charge is -2.24. The van der Waals surface area contributed by atoms with E-state index >= 15 is 0 Å². The van der Waals surface area contributed by atoms with E-state index in [1.807, 2.05) is 65.3 Å². The number of carbonyl (C=O) groups excluding carboxylic acids is 1. The lowest BCUT2D eigenvalue weighted by atomic mass is 10.2. The minimum atomic E-state index is -0.306. The van der Waals surface area contributed by atoms with Gasteiger partial charge in [0, 0.05) is 18.8 Å². The molecule has 1 fully saturated rings. The molecule has 0 radical (unpaired) electrons. The van der Waals surface area contributed by atoms with Gasteiger partial charge in [0.05, 0.1) is 42.9 Å². The number of H-pyrrole nitrogens is 1. The SMILES string of the molecule is COc1ccc(Cn2nc(NC(=O)c3ccc(N4CCC[C@H]4CO)nc3)cc2-c2nc3ccccc3[nH]2)cc1. The number of ether oxygens (including phenoxy) is 1. The molecule has 0 spiro atoms. The molecular weight excluding hydrogens is 494 g/mol. The summed E-state index contributed by atoms with van der Waals surface area (Å²) in [6, 6.07) is 21.1. The van der Waals surface area contributed by atoms with Crippen molar-refractivity contribution in [3.05, 3.63) is 84.1 Å². The second kappa shape index (κ2) is 10.6. The molecule has 1 saturated heterocycles. The first-order chi connectivity index (χ1) is 19.1. The quantitative estimate of drug-likeness (QED) is 0.280. The van der Waals surface area contributed by atoms with Gasteiger partial charge in [-0.2, -0.15) is 5.10 Å². The first-order valence-electron chi connectivity index (χ1n) is 12.9. The molecule has 1 atom stereocenters. The average Bonchev–Trinajstić information content (AvgIpc) is 3.71. The maximum absolute atomic E-state index is 13.1. The Kier molecular flexibility index (Phi) is 6.68. The molecule has 4 heterocycles. The van der Waals surface area contributed by atoms with Crippen molar-refractivity contribution < 1.29 is 14.6 Å². The van der Waals surface area contributed by atoms with E-state index in [0.29, 0.717) is 23.8 Å². The molecule has 10 nitrogen and oxygen atoms in total. The van der Waals surface area contributed by atoms with E-state index in [-0.39, 0.29) is 18.6 Å². The largest absolute Gasteiger partial charge is 0.497 e. The summed E-state index contributed by atoms with van der Waals surface area (Å²) >= 11 is 0. The van der Waals surface area contributed by atoms with Crippen molar-refractivity contribution in [3.8, 4) is 17.3 Å². The van der Waals surface area contributed by atoms with Gasteiger partial charge in [0.25, 0.3) is 5.91 Å². The fourth-order valence-electron chi connectivity index (χ4n) is 4.97. The van der Waals surface area contributed by atoms with Crippen LogP contribution in [0.2, 0.25) is 0 Å². The number of para-hydroxylation sites is 2. The lowest BCUT2D eigenvalue weighted by Crippen LogP contribution is -2.32. The number of fused-ring (bicyclic) bond motifs is 1. The van der Waals surface area contributed by atoms with Crippen LogP contribution in [0.1, 0.15) is 28.8 Å². The number of amides is 1. The Bertz CT molecular complexity index is 1560. The third kappa shape index (κ3) is 5.06. The second-order valence-corrected chi connectivity index (χ2v) is 9.55. The average molecular weight is 524 g/mol. The minimum Gasteiger partial charge on any atom is -0.497 e. The number of hydrogen-bond donors (Lipinski definition) is 3. The second-order valence-electron chi connectivity index (χ2n) is 9.55. The maximum atomic E-state index is 13.1. The summed E-state index contributed by atoms with van der Waals surface area (Å²) in [5, 5.41) is 17.2. The number of aromatic nitrogens is 5. The Balaban J connectivity index is 1.26. The summed E-state index contributed by atoms with van der Waals surface area (Å²) in [7, 11) is 1.64. The third-order valence-corrected chi connectivity index (χ3v) is 7.04. The van der Waals surface area contributed by atoms with Crippen molar-refractivity contribution in [1.82, 2.24) is 24.7 Å². The molecule has 1 aliphatic heterocycles. The van der Waals surface area contributed by atoms with Crippen LogP contribution in [0, 0.1) is 0 Å². The molecule has 1 amide bonds. The summed E-state index contributed by atoms with van der Waals surface area (Å²) in [4.78, 5) is 27.8. The molecule has 0 saturated carbocycles. The number of aromatic amines is 1. The number of nitrogens with zero attached hydrogens (tertiary/aromatic N) is 5. The highest BCUT2D eigenvalue weighted by molar-refractivity contribution is 6.03. The summed E-state index contributed by atoms with van der Waals surface area (Å²) < 4.78 is 7.10. The number of rotatable bonds is 8. The number of carbonyl (C=O) groups is 1. The highest BCUT2D eigenvalue weighted by Crippen LogP contribution is 2.26. The van der Waals surface area contributed by atoms with Gasteiger partial charge in [-0.15, -0.1) is 0 Å². The third-order valence-electron chi connectivity index (χ3n) is 7.04. The summed E-state index contributed by atoms with van der Waals surface area (Å²) in [5.74, 6) is 2.31. The lowest BCUT2D eigenvalue weighted by molar-refractivity contribution is 0.102. The van der Waals surface area contributed by atoms with Crippen molar-refractivity contribution in [2.45, 2.75) is 25.4 Å². The maximum Gasteiger partial charge on any atom is 0.258 e. The topological polar surface area (TPSA) is 121 Å². The van der Waals surface area contributed by atoms with Gasteiger partial charge < -0.3 is 25.0 Å². The Morgan fingerprint density at radius 3 is 2.74 bits per heavy atom. The van der Waals surface area contributed by atoms with Crippen LogP contribution >= 0.6 is 0 Å². The molecule has 198 valence electrons. The van der Waals surface area contributed by atoms with Gasteiger partial charge in [0.15, 0.2) is 11.6 Å². The zero-order valence-electron chi connectivity index (χ0n) is 21.5. The number of anilines is 2. The fourth-order valence-corrected chi connectivity index (χ4v) is 4.97. The number of imidazole rings is 1. The van der Waals surface area contributed by atoms with Gasteiger partial charge >= 0.3 is 0 Å². The smallest absolute Gasteiger partial charge is 0.258 e. The number of benzene rings is 2. The van der Waals surface area contributed by atoms with E-state index in [1.54, 1.807) is 19.4 Å².